The van der Waals surface area contributed by atoms with Crippen LogP contribution in [0.3, 0.4) is 0 Å². The predicted octanol–water partition coefficient (Wildman–Crippen LogP) is 4.07. The summed E-state index contributed by atoms with van der Waals surface area (Å²) in [6.07, 6.45) is 0. The molecule has 23 heavy (non-hydrogen) atoms. The molecule has 1 aromatic carbocycles. The van der Waals surface area contributed by atoms with E-state index >= 15 is 0 Å². The standard InChI is InChI=1S/C18H28N2O2Si/c1-13-7-8-15-14(11-13)12-16(17(19)21)20(15)9-10-22-23(5,6)18(2,3)4/h7-8,11-12H,9-10H2,1-6H3,(H2,19,21). The Morgan fingerprint density at radius 2 is 1.91 bits per heavy atom. The lowest BCUT2D eigenvalue weighted by Crippen LogP contribution is -2.41. The predicted molar refractivity (Wildman–Crippen MR) is 98.3 cm³/mol. The second-order valence-corrected chi connectivity index (χ2v) is 12.5. The summed E-state index contributed by atoms with van der Waals surface area (Å²) in [5.74, 6) is -0.397. The van der Waals surface area contributed by atoms with Gasteiger partial charge < -0.3 is 14.7 Å². The highest BCUT2D eigenvalue weighted by Gasteiger charge is 2.36. The van der Waals surface area contributed by atoms with Crippen molar-refractivity contribution in [2.24, 2.45) is 5.73 Å². The summed E-state index contributed by atoms with van der Waals surface area (Å²) >= 11 is 0. The first-order chi connectivity index (χ1) is 10.5. The van der Waals surface area contributed by atoms with E-state index in [2.05, 4.69) is 46.0 Å². The van der Waals surface area contributed by atoms with E-state index in [0.29, 0.717) is 18.8 Å². The Kier molecular flexibility index (Phi) is 4.73. The molecular weight excluding hydrogens is 304 g/mol. The van der Waals surface area contributed by atoms with E-state index in [9.17, 15) is 4.79 Å². The molecule has 2 rings (SSSR count). The van der Waals surface area contributed by atoms with Gasteiger partial charge in [-0.1, -0.05) is 32.4 Å². The molecule has 1 aromatic heterocycles. The third kappa shape index (κ3) is 3.67. The van der Waals surface area contributed by atoms with Crippen molar-refractivity contribution in [3.05, 3.63) is 35.5 Å². The lowest BCUT2D eigenvalue weighted by molar-refractivity contribution is 0.0991. The maximum atomic E-state index is 11.8. The Labute approximate surface area is 139 Å². The van der Waals surface area contributed by atoms with Gasteiger partial charge in [0.1, 0.15) is 5.69 Å². The average Bonchev–Trinajstić information content (AvgIpc) is 2.75. The Morgan fingerprint density at radius 1 is 1.26 bits per heavy atom. The molecular formula is C18H28N2O2Si. The maximum Gasteiger partial charge on any atom is 0.265 e. The van der Waals surface area contributed by atoms with Gasteiger partial charge in [0.2, 0.25) is 0 Å². The van der Waals surface area contributed by atoms with Gasteiger partial charge >= 0.3 is 0 Å². The third-order valence-corrected chi connectivity index (χ3v) is 9.43. The van der Waals surface area contributed by atoms with Crippen LogP contribution in [0.25, 0.3) is 10.9 Å². The van der Waals surface area contributed by atoms with Crippen molar-refractivity contribution in [2.45, 2.75) is 52.4 Å². The Bertz CT molecular complexity index is 726. The third-order valence-electron chi connectivity index (χ3n) is 4.89. The SMILES string of the molecule is Cc1ccc2c(c1)cc(C(N)=O)n2CCO[Si](C)(C)C(C)(C)C. The summed E-state index contributed by atoms with van der Waals surface area (Å²) in [5, 5.41) is 1.22. The van der Waals surface area contributed by atoms with Crippen molar-refractivity contribution < 1.29 is 9.22 Å². The second kappa shape index (κ2) is 6.13. The smallest absolute Gasteiger partial charge is 0.265 e. The number of hydrogen-bond acceptors (Lipinski definition) is 2. The molecule has 126 valence electrons. The summed E-state index contributed by atoms with van der Waals surface area (Å²) < 4.78 is 8.22. The molecule has 0 aliphatic carbocycles. The topological polar surface area (TPSA) is 57.2 Å². The fourth-order valence-corrected chi connectivity index (χ4v) is 3.48. The monoisotopic (exact) mass is 332 g/mol. The zero-order chi connectivity index (χ0) is 17.4. The number of aromatic nitrogens is 1. The number of primary amides is 1. The van der Waals surface area contributed by atoms with Crippen LogP contribution < -0.4 is 5.73 Å². The first kappa shape index (κ1) is 17.8. The summed E-state index contributed by atoms with van der Waals surface area (Å²) in [6.45, 7) is 14.4. The highest BCUT2D eigenvalue weighted by Crippen LogP contribution is 2.36. The molecule has 1 heterocycles. The molecule has 2 N–H and O–H groups in total. The number of nitrogens with two attached hydrogens (primary N) is 1. The lowest BCUT2D eigenvalue weighted by Gasteiger charge is -2.36. The number of carbonyl (C=O) groups excluding carboxylic acids is 1. The van der Waals surface area contributed by atoms with E-state index < -0.39 is 14.2 Å². The van der Waals surface area contributed by atoms with Gasteiger partial charge in [-0.25, -0.2) is 0 Å². The van der Waals surface area contributed by atoms with Gasteiger partial charge in [0.05, 0.1) is 6.61 Å². The zero-order valence-corrected chi connectivity index (χ0v) is 16.1. The van der Waals surface area contributed by atoms with Crippen molar-refractivity contribution in [3.63, 3.8) is 0 Å². The lowest BCUT2D eigenvalue weighted by atomic mass is 10.2. The second-order valence-electron chi connectivity index (χ2n) is 7.72. The number of amides is 1. The highest BCUT2D eigenvalue weighted by atomic mass is 28.4. The number of nitrogens with zero attached hydrogens (tertiary/aromatic N) is 1. The minimum Gasteiger partial charge on any atom is -0.415 e. The molecule has 2 aromatic rings. The van der Waals surface area contributed by atoms with Crippen LogP contribution in [0.15, 0.2) is 24.3 Å². The van der Waals surface area contributed by atoms with Crippen molar-refractivity contribution in [1.82, 2.24) is 4.57 Å². The van der Waals surface area contributed by atoms with Crippen LogP contribution in [0.1, 0.15) is 36.8 Å². The largest absolute Gasteiger partial charge is 0.415 e. The Hall–Kier alpha value is -1.59. The molecule has 0 saturated heterocycles. The maximum absolute atomic E-state index is 11.8. The molecule has 0 aliphatic heterocycles. The van der Waals surface area contributed by atoms with E-state index in [1.807, 2.05) is 23.6 Å². The molecule has 4 nitrogen and oxygen atoms in total. The van der Waals surface area contributed by atoms with E-state index in [1.165, 1.54) is 5.56 Å². The molecule has 1 amide bonds. The minimum atomic E-state index is -1.79. The van der Waals surface area contributed by atoms with Gasteiger partial charge in [-0.05, 0) is 43.3 Å². The molecule has 0 fully saturated rings. The number of benzene rings is 1. The quantitative estimate of drug-likeness (QED) is 0.839. The summed E-state index contributed by atoms with van der Waals surface area (Å²) in [4.78, 5) is 11.8. The van der Waals surface area contributed by atoms with Crippen LogP contribution in [-0.4, -0.2) is 25.4 Å². The number of carbonyl (C=O) groups is 1. The van der Waals surface area contributed by atoms with E-state index in [1.54, 1.807) is 0 Å². The van der Waals surface area contributed by atoms with Crippen LogP contribution in [0.5, 0.6) is 0 Å². The fourth-order valence-electron chi connectivity index (χ4n) is 2.44. The van der Waals surface area contributed by atoms with E-state index in [0.717, 1.165) is 10.9 Å². The number of fused-ring (bicyclic) bond motifs is 1. The normalized spacial score (nSPS) is 12.8. The summed E-state index contributed by atoms with van der Waals surface area (Å²) in [6, 6.07) is 8.05. The van der Waals surface area contributed by atoms with Crippen molar-refractivity contribution in [3.8, 4) is 0 Å². The molecule has 0 bridgehead atoms. The van der Waals surface area contributed by atoms with E-state index in [4.69, 9.17) is 10.2 Å². The molecule has 0 radical (unpaired) electrons. The molecule has 5 heteroatoms. The number of aryl methyl sites for hydroxylation is 1. The Balaban J connectivity index is 2.26. The molecule has 0 saturated carbocycles. The van der Waals surface area contributed by atoms with Gasteiger partial charge in [-0.2, -0.15) is 0 Å². The Morgan fingerprint density at radius 3 is 2.48 bits per heavy atom. The zero-order valence-electron chi connectivity index (χ0n) is 15.1. The summed E-state index contributed by atoms with van der Waals surface area (Å²) in [7, 11) is -1.79. The van der Waals surface area contributed by atoms with Gasteiger partial charge in [-0.15, -0.1) is 0 Å². The number of hydrogen-bond donors (Lipinski definition) is 1. The summed E-state index contributed by atoms with van der Waals surface area (Å²) in [5.41, 5.74) is 8.30. The van der Waals surface area contributed by atoms with Crippen LogP contribution in [-0.2, 0) is 11.0 Å². The molecule has 0 aliphatic rings. The molecule has 0 atom stereocenters. The van der Waals surface area contributed by atoms with Crippen molar-refractivity contribution >= 4 is 25.1 Å². The highest BCUT2D eigenvalue weighted by molar-refractivity contribution is 6.74. The fraction of sp³-hybridized carbons (Fsp3) is 0.500. The number of rotatable bonds is 5. The first-order valence-electron chi connectivity index (χ1n) is 8.06. The van der Waals surface area contributed by atoms with Gasteiger partial charge in [0, 0.05) is 17.4 Å². The van der Waals surface area contributed by atoms with Crippen LogP contribution >= 0.6 is 0 Å². The van der Waals surface area contributed by atoms with Crippen LogP contribution in [0, 0.1) is 6.92 Å². The minimum absolute atomic E-state index is 0.176. The van der Waals surface area contributed by atoms with Gasteiger partial charge in [0.15, 0.2) is 8.32 Å². The van der Waals surface area contributed by atoms with Gasteiger partial charge in [0.25, 0.3) is 5.91 Å². The van der Waals surface area contributed by atoms with Crippen LogP contribution in [0.4, 0.5) is 0 Å². The molecule has 0 unspecified atom stereocenters. The van der Waals surface area contributed by atoms with Crippen molar-refractivity contribution in [2.75, 3.05) is 6.61 Å². The van der Waals surface area contributed by atoms with Crippen LogP contribution in [0.2, 0.25) is 18.1 Å². The van der Waals surface area contributed by atoms with E-state index in [-0.39, 0.29) is 5.04 Å². The molecule has 0 spiro atoms. The van der Waals surface area contributed by atoms with Crippen molar-refractivity contribution in [1.29, 1.82) is 0 Å². The van der Waals surface area contributed by atoms with Gasteiger partial charge in [-0.3, -0.25) is 4.79 Å². The average molecular weight is 333 g/mol. The first-order valence-corrected chi connectivity index (χ1v) is 11.0.